The van der Waals surface area contributed by atoms with Crippen molar-refractivity contribution in [1.82, 2.24) is 0 Å². The van der Waals surface area contributed by atoms with Crippen LogP contribution in [-0.2, 0) is 9.31 Å². The molecule has 0 N–H and O–H groups in total. The van der Waals surface area contributed by atoms with E-state index in [2.05, 4.69) is 20.8 Å². The lowest BCUT2D eigenvalue weighted by atomic mass is 9.45. The molecule has 4 unspecified atom stereocenters. The van der Waals surface area contributed by atoms with Crippen LogP contribution in [0.15, 0.2) is 0 Å². The average molecular weight is 194 g/mol. The van der Waals surface area contributed by atoms with E-state index in [0.717, 1.165) is 11.8 Å². The Morgan fingerprint density at radius 2 is 2.00 bits per heavy atom. The van der Waals surface area contributed by atoms with Crippen molar-refractivity contribution in [2.24, 2.45) is 17.3 Å². The molecule has 4 aliphatic rings. The minimum Gasteiger partial charge on any atom is -0.405 e. The topological polar surface area (TPSA) is 18.5 Å². The van der Waals surface area contributed by atoms with E-state index in [-0.39, 0.29) is 12.7 Å². The highest BCUT2D eigenvalue weighted by Crippen LogP contribution is 2.64. The molecule has 2 nitrogen and oxygen atoms in total. The molecule has 0 spiro atoms. The predicted octanol–water partition coefficient (Wildman–Crippen LogP) is 2.34. The molecule has 0 aromatic rings. The minimum atomic E-state index is 0.000139. The fraction of sp³-hybridized carbons (Fsp3) is 1.00. The van der Waals surface area contributed by atoms with Crippen molar-refractivity contribution in [3.63, 3.8) is 0 Å². The Balaban J connectivity index is 1.92. The fourth-order valence-electron chi connectivity index (χ4n) is 3.91. The van der Waals surface area contributed by atoms with Gasteiger partial charge in [-0.15, -0.1) is 0 Å². The van der Waals surface area contributed by atoms with E-state index in [1.165, 1.54) is 12.8 Å². The molecule has 14 heavy (non-hydrogen) atoms. The van der Waals surface area contributed by atoms with Crippen LogP contribution in [0.25, 0.3) is 0 Å². The van der Waals surface area contributed by atoms with Gasteiger partial charge in [-0.3, -0.25) is 0 Å². The molecule has 0 amide bonds. The van der Waals surface area contributed by atoms with Crippen molar-refractivity contribution in [1.29, 1.82) is 0 Å². The molecule has 4 rings (SSSR count). The van der Waals surface area contributed by atoms with Crippen LogP contribution in [-0.4, -0.2) is 18.8 Å². The van der Waals surface area contributed by atoms with E-state index >= 15 is 0 Å². The summed E-state index contributed by atoms with van der Waals surface area (Å²) in [5.74, 6) is 1.57. The maximum Gasteiger partial charge on any atom is 0.454 e. The van der Waals surface area contributed by atoms with Crippen molar-refractivity contribution in [3.8, 4) is 0 Å². The first-order chi connectivity index (χ1) is 6.43. The third-order valence-electron chi connectivity index (χ3n) is 4.94. The summed E-state index contributed by atoms with van der Waals surface area (Å²) in [7, 11) is 0.000139. The Bertz CT molecular complexity index is 278. The van der Waals surface area contributed by atoms with Crippen LogP contribution in [0.5, 0.6) is 0 Å². The zero-order chi connectivity index (χ0) is 10.1. The highest BCUT2D eigenvalue weighted by Gasteiger charge is 2.65. The van der Waals surface area contributed by atoms with Gasteiger partial charge in [0, 0.05) is 0 Å². The van der Waals surface area contributed by atoms with Crippen molar-refractivity contribution >= 4 is 7.12 Å². The Hall–Kier alpha value is -0.0151. The molecule has 3 heteroatoms. The van der Waals surface area contributed by atoms with Gasteiger partial charge in [0.25, 0.3) is 0 Å². The van der Waals surface area contributed by atoms with E-state index < -0.39 is 0 Å². The third kappa shape index (κ3) is 0.905. The second-order valence-corrected chi connectivity index (χ2v) is 6.12. The zero-order valence-electron chi connectivity index (χ0n) is 9.54. The van der Waals surface area contributed by atoms with Gasteiger partial charge in [-0.05, 0) is 43.8 Å². The molecule has 1 saturated heterocycles. The van der Waals surface area contributed by atoms with E-state index in [9.17, 15) is 0 Å². The van der Waals surface area contributed by atoms with Gasteiger partial charge in [-0.25, -0.2) is 0 Å². The Morgan fingerprint density at radius 3 is 2.64 bits per heavy atom. The molecule has 1 aliphatic heterocycles. The van der Waals surface area contributed by atoms with Crippen molar-refractivity contribution in [2.75, 3.05) is 0 Å². The van der Waals surface area contributed by atoms with E-state index in [1.54, 1.807) is 0 Å². The van der Waals surface area contributed by atoms with Crippen LogP contribution in [0, 0.1) is 17.3 Å². The summed E-state index contributed by atoms with van der Waals surface area (Å²) < 4.78 is 11.9. The van der Waals surface area contributed by atoms with Gasteiger partial charge >= 0.3 is 7.12 Å². The van der Waals surface area contributed by atoms with Crippen LogP contribution in [0.4, 0.5) is 0 Å². The lowest BCUT2D eigenvalue weighted by Gasteiger charge is -2.63. The first kappa shape index (κ1) is 9.23. The van der Waals surface area contributed by atoms with Crippen molar-refractivity contribution < 1.29 is 9.31 Å². The minimum absolute atomic E-state index is 0.000139. The normalized spacial score (nSPS) is 54.0. The summed E-state index contributed by atoms with van der Waals surface area (Å²) in [6.45, 7) is 9.03. The SMILES string of the molecule is CB1OC2C3CC(CC2(C)O1)C3(C)C. The van der Waals surface area contributed by atoms with Gasteiger partial charge in [-0.2, -0.15) is 0 Å². The molecule has 3 aliphatic carbocycles. The van der Waals surface area contributed by atoms with Crippen LogP contribution in [0.1, 0.15) is 33.6 Å². The Kier molecular flexibility index (Phi) is 1.57. The maximum absolute atomic E-state index is 5.93. The lowest BCUT2D eigenvalue weighted by Crippen LogP contribution is -2.63. The summed E-state index contributed by atoms with van der Waals surface area (Å²) in [4.78, 5) is 0. The summed E-state index contributed by atoms with van der Waals surface area (Å²) >= 11 is 0. The van der Waals surface area contributed by atoms with Gasteiger partial charge in [0.1, 0.15) is 0 Å². The molecule has 78 valence electrons. The van der Waals surface area contributed by atoms with Crippen LogP contribution >= 0.6 is 0 Å². The monoisotopic (exact) mass is 194 g/mol. The highest BCUT2D eigenvalue weighted by atomic mass is 16.7. The zero-order valence-corrected chi connectivity index (χ0v) is 9.54. The predicted molar refractivity (Wildman–Crippen MR) is 56.0 cm³/mol. The first-order valence-corrected chi connectivity index (χ1v) is 5.77. The summed E-state index contributed by atoms with van der Waals surface area (Å²) in [5, 5.41) is 0. The molecule has 0 aromatic carbocycles. The van der Waals surface area contributed by atoms with E-state index in [1.807, 2.05) is 6.82 Å². The number of hydrogen-bond acceptors (Lipinski definition) is 2. The average Bonchev–Trinajstić information content (AvgIpc) is 2.37. The lowest BCUT2D eigenvalue weighted by molar-refractivity contribution is -0.185. The van der Waals surface area contributed by atoms with Gasteiger partial charge in [0.15, 0.2) is 0 Å². The summed E-state index contributed by atoms with van der Waals surface area (Å²) in [5.41, 5.74) is 0.500. The third-order valence-corrected chi connectivity index (χ3v) is 4.94. The molecule has 4 atom stereocenters. The number of rotatable bonds is 0. The number of hydrogen-bond donors (Lipinski definition) is 0. The quantitative estimate of drug-likeness (QED) is 0.551. The molecule has 0 radical (unpaired) electrons. The van der Waals surface area contributed by atoms with Crippen LogP contribution in [0.3, 0.4) is 0 Å². The standard InChI is InChI=1S/C11H19BO2/c1-10(2)7-5-8(10)9-11(3,6-7)14-12(4)13-9/h7-9H,5-6H2,1-4H3. The first-order valence-electron chi connectivity index (χ1n) is 5.77. The molecule has 0 aromatic heterocycles. The van der Waals surface area contributed by atoms with Crippen molar-refractivity contribution in [3.05, 3.63) is 0 Å². The Morgan fingerprint density at radius 1 is 1.29 bits per heavy atom. The maximum atomic E-state index is 5.93. The van der Waals surface area contributed by atoms with Gasteiger partial charge in [-0.1, -0.05) is 13.8 Å². The molecule has 1 heterocycles. The Labute approximate surface area is 86.5 Å². The fourth-order valence-corrected chi connectivity index (χ4v) is 3.91. The highest BCUT2D eigenvalue weighted by molar-refractivity contribution is 6.43. The van der Waals surface area contributed by atoms with Crippen LogP contribution in [0.2, 0.25) is 6.82 Å². The smallest absolute Gasteiger partial charge is 0.405 e. The van der Waals surface area contributed by atoms with E-state index in [0.29, 0.717) is 11.5 Å². The summed E-state index contributed by atoms with van der Waals surface area (Å²) in [6, 6.07) is 0. The van der Waals surface area contributed by atoms with E-state index in [4.69, 9.17) is 9.31 Å². The molecular formula is C11H19BO2. The molecule has 3 saturated carbocycles. The van der Waals surface area contributed by atoms with Crippen LogP contribution < -0.4 is 0 Å². The van der Waals surface area contributed by atoms with Gasteiger partial charge < -0.3 is 9.31 Å². The van der Waals surface area contributed by atoms with Gasteiger partial charge in [0.2, 0.25) is 0 Å². The second kappa shape index (κ2) is 2.38. The second-order valence-electron chi connectivity index (χ2n) is 6.12. The largest absolute Gasteiger partial charge is 0.454 e. The molecule has 2 bridgehead atoms. The summed E-state index contributed by atoms with van der Waals surface area (Å²) in [6.07, 6.45) is 2.88. The molecular weight excluding hydrogens is 175 g/mol. The van der Waals surface area contributed by atoms with Crippen molar-refractivity contribution in [2.45, 2.75) is 52.1 Å². The molecule has 4 fully saturated rings. The van der Waals surface area contributed by atoms with Gasteiger partial charge in [0.05, 0.1) is 11.7 Å².